The maximum absolute atomic E-state index is 12.8. The van der Waals surface area contributed by atoms with Crippen molar-refractivity contribution in [1.82, 2.24) is 4.90 Å². The molecule has 1 fully saturated rings. The zero-order valence-corrected chi connectivity index (χ0v) is 12.3. The SMILES string of the molecule is O=C(c1cccc2ccccc12)N1CCC(O)(C(F)(F)F)CC1. The van der Waals surface area contributed by atoms with Crippen molar-refractivity contribution in [2.75, 3.05) is 13.1 Å². The molecule has 0 unspecified atom stereocenters. The Labute approximate surface area is 131 Å². The highest BCUT2D eigenvalue weighted by Crippen LogP contribution is 2.38. The molecule has 6 heteroatoms. The largest absolute Gasteiger partial charge is 0.417 e. The molecule has 0 aliphatic carbocycles. The molecule has 0 aromatic heterocycles. The van der Waals surface area contributed by atoms with Gasteiger partial charge >= 0.3 is 6.18 Å². The van der Waals surface area contributed by atoms with E-state index in [0.717, 1.165) is 10.8 Å². The van der Waals surface area contributed by atoms with Crippen LogP contribution in [0.3, 0.4) is 0 Å². The molecule has 1 amide bonds. The van der Waals surface area contributed by atoms with Crippen molar-refractivity contribution in [3.8, 4) is 0 Å². The second-order valence-corrected chi connectivity index (χ2v) is 5.85. The first kappa shape index (κ1) is 15.8. The molecular weight excluding hydrogens is 307 g/mol. The molecule has 2 aromatic carbocycles. The van der Waals surface area contributed by atoms with Gasteiger partial charge in [-0.25, -0.2) is 0 Å². The van der Waals surface area contributed by atoms with Gasteiger partial charge in [-0.15, -0.1) is 0 Å². The second-order valence-electron chi connectivity index (χ2n) is 5.85. The van der Waals surface area contributed by atoms with Gasteiger partial charge in [-0.05, 0) is 16.8 Å². The van der Waals surface area contributed by atoms with Gasteiger partial charge in [0, 0.05) is 31.5 Å². The van der Waals surface area contributed by atoms with Gasteiger partial charge in [0.1, 0.15) is 0 Å². The fourth-order valence-corrected chi connectivity index (χ4v) is 2.95. The van der Waals surface area contributed by atoms with Crippen molar-refractivity contribution in [2.45, 2.75) is 24.6 Å². The lowest BCUT2D eigenvalue weighted by atomic mass is 9.90. The van der Waals surface area contributed by atoms with Crippen LogP contribution in [0.1, 0.15) is 23.2 Å². The number of aliphatic hydroxyl groups is 1. The van der Waals surface area contributed by atoms with E-state index in [1.165, 1.54) is 4.90 Å². The number of fused-ring (bicyclic) bond motifs is 1. The first-order valence-corrected chi connectivity index (χ1v) is 7.38. The summed E-state index contributed by atoms with van der Waals surface area (Å²) in [7, 11) is 0. The standard InChI is InChI=1S/C17H16F3NO2/c18-17(19,20)16(23)8-10-21(11-9-16)15(22)14-7-3-5-12-4-1-2-6-13(12)14/h1-7,23H,8-11H2. The molecule has 1 aliphatic heterocycles. The molecule has 0 spiro atoms. The highest BCUT2D eigenvalue weighted by molar-refractivity contribution is 6.07. The van der Waals surface area contributed by atoms with E-state index in [2.05, 4.69) is 0 Å². The highest BCUT2D eigenvalue weighted by Gasteiger charge is 2.54. The number of piperidine rings is 1. The van der Waals surface area contributed by atoms with Crippen molar-refractivity contribution in [3.05, 3.63) is 48.0 Å². The van der Waals surface area contributed by atoms with Crippen molar-refractivity contribution >= 4 is 16.7 Å². The van der Waals surface area contributed by atoms with Crippen LogP contribution in [0.25, 0.3) is 10.8 Å². The van der Waals surface area contributed by atoms with Crippen LogP contribution in [-0.4, -0.2) is 40.8 Å². The Balaban J connectivity index is 1.82. The number of carbonyl (C=O) groups excluding carboxylic acids is 1. The van der Waals surface area contributed by atoms with Crippen LogP contribution in [0.2, 0.25) is 0 Å². The van der Waals surface area contributed by atoms with E-state index >= 15 is 0 Å². The lowest BCUT2D eigenvalue weighted by Crippen LogP contribution is -2.54. The fraction of sp³-hybridized carbons (Fsp3) is 0.353. The number of hydrogen-bond acceptors (Lipinski definition) is 2. The summed E-state index contributed by atoms with van der Waals surface area (Å²) >= 11 is 0. The average molecular weight is 323 g/mol. The molecular formula is C17H16F3NO2. The summed E-state index contributed by atoms with van der Waals surface area (Å²) in [6.07, 6.45) is -5.65. The smallest absolute Gasteiger partial charge is 0.380 e. The molecule has 0 atom stereocenters. The molecule has 1 heterocycles. The minimum atomic E-state index is -4.67. The Morgan fingerprint density at radius 2 is 1.65 bits per heavy atom. The molecule has 1 aliphatic rings. The molecule has 0 bridgehead atoms. The first-order valence-electron chi connectivity index (χ1n) is 7.38. The van der Waals surface area contributed by atoms with E-state index < -0.39 is 24.6 Å². The number of carbonyl (C=O) groups is 1. The second kappa shape index (κ2) is 5.53. The normalized spacial score (nSPS) is 18.2. The molecule has 1 N–H and O–H groups in total. The van der Waals surface area contributed by atoms with Crippen molar-refractivity contribution in [3.63, 3.8) is 0 Å². The number of rotatable bonds is 1. The number of hydrogen-bond donors (Lipinski definition) is 1. The van der Waals surface area contributed by atoms with Gasteiger partial charge in [0.25, 0.3) is 5.91 Å². The van der Waals surface area contributed by atoms with Gasteiger partial charge in [-0.2, -0.15) is 13.2 Å². The van der Waals surface area contributed by atoms with Crippen molar-refractivity contribution < 1.29 is 23.1 Å². The minimum Gasteiger partial charge on any atom is -0.380 e. The van der Waals surface area contributed by atoms with Crippen molar-refractivity contribution in [2.24, 2.45) is 0 Å². The van der Waals surface area contributed by atoms with Crippen molar-refractivity contribution in [1.29, 1.82) is 0 Å². The Bertz CT molecular complexity index is 729. The van der Waals surface area contributed by atoms with E-state index in [-0.39, 0.29) is 19.0 Å². The maximum atomic E-state index is 12.8. The summed E-state index contributed by atoms with van der Waals surface area (Å²) in [6, 6.07) is 12.7. The van der Waals surface area contributed by atoms with Crippen LogP contribution in [0.4, 0.5) is 13.2 Å². The van der Waals surface area contributed by atoms with Crippen LogP contribution >= 0.6 is 0 Å². The quantitative estimate of drug-likeness (QED) is 0.874. The molecule has 0 saturated carbocycles. The van der Waals surface area contributed by atoms with Gasteiger partial charge in [-0.3, -0.25) is 4.79 Å². The molecule has 122 valence electrons. The Hall–Kier alpha value is -2.08. The summed E-state index contributed by atoms with van der Waals surface area (Å²) in [5.41, 5.74) is -2.22. The summed E-state index contributed by atoms with van der Waals surface area (Å²) < 4.78 is 38.5. The maximum Gasteiger partial charge on any atom is 0.417 e. The monoisotopic (exact) mass is 323 g/mol. The third kappa shape index (κ3) is 2.79. The van der Waals surface area contributed by atoms with Crippen LogP contribution in [0.5, 0.6) is 0 Å². The van der Waals surface area contributed by atoms with E-state index in [1.807, 2.05) is 30.3 Å². The van der Waals surface area contributed by atoms with E-state index in [1.54, 1.807) is 12.1 Å². The highest BCUT2D eigenvalue weighted by atomic mass is 19.4. The summed E-state index contributed by atoms with van der Waals surface area (Å²) in [5, 5.41) is 11.4. The predicted molar refractivity (Wildman–Crippen MR) is 80.1 cm³/mol. The van der Waals surface area contributed by atoms with Crippen LogP contribution in [0, 0.1) is 0 Å². The van der Waals surface area contributed by atoms with Crippen LogP contribution in [0.15, 0.2) is 42.5 Å². The summed E-state index contributed by atoms with van der Waals surface area (Å²) in [5.74, 6) is -0.300. The molecule has 3 rings (SSSR count). The van der Waals surface area contributed by atoms with Gasteiger partial charge in [0.15, 0.2) is 5.60 Å². The predicted octanol–water partition coefficient (Wildman–Crippen LogP) is 3.37. The zero-order valence-electron chi connectivity index (χ0n) is 12.3. The minimum absolute atomic E-state index is 0.113. The van der Waals surface area contributed by atoms with Crippen LogP contribution in [-0.2, 0) is 0 Å². The Morgan fingerprint density at radius 1 is 1.04 bits per heavy atom. The van der Waals surface area contributed by atoms with E-state index in [9.17, 15) is 23.1 Å². The van der Waals surface area contributed by atoms with Gasteiger partial charge < -0.3 is 10.0 Å². The number of benzene rings is 2. The zero-order chi connectivity index (χ0) is 16.7. The number of amides is 1. The van der Waals surface area contributed by atoms with E-state index in [0.29, 0.717) is 5.56 Å². The van der Waals surface area contributed by atoms with Gasteiger partial charge in [0.2, 0.25) is 0 Å². The third-order valence-corrected chi connectivity index (χ3v) is 4.43. The lowest BCUT2D eigenvalue weighted by molar-refractivity contribution is -0.271. The fourth-order valence-electron chi connectivity index (χ4n) is 2.95. The molecule has 0 radical (unpaired) electrons. The number of nitrogens with zero attached hydrogens (tertiary/aromatic N) is 1. The molecule has 3 nitrogen and oxygen atoms in total. The summed E-state index contributed by atoms with van der Waals surface area (Å²) in [4.78, 5) is 14.0. The Kier molecular flexibility index (Phi) is 3.80. The molecule has 2 aromatic rings. The third-order valence-electron chi connectivity index (χ3n) is 4.43. The van der Waals surface area contributed by atoms with E-state index in [4.69, 9.17) is 0 Å². The lowest BCUT2D eigenvalue weighted by Gasteiger charge is -2.39. The average Bonchev–Trinajstić information content (AvgIpc) is 2.53. The summed E-state index contributed by atoms with van der Waals surface area (Å²) in [6.45, 7) is -0.226. The number of likely N-dealkylation sites (tertiary alicyclic amines) is 1. The molecule has 23 heavy (non-hydrogen) atoms. The number of halogens is 3. The van der Waals surface area contributed by atoms with Gasteiger partial charge in [-0.1, -0.05) is 36.4 Å². The van der Waals surface area contributed by atoms with Gasteiger partial charge in [0.05, 0.1) is 0 Å². The first-order chi connectivity index (χ1) is 10.8. The number of alkyl halides is 3. The molecule has 1 saturated heterocycles. The van der Waals surface area contributed by atoms with Crippen LogP contribution < -0.4 is 0 Å². The Morgan fingerprint density at radius 3 is 2.30 bits per heavy atom. The topological polar surface area (TPSA) is 40.5 Å².